The molecule has 0 amide bonds. The molecule has 0 spiro atoms. The van der Waals surface area contributed by atoms with Crippen LogP contribution in [-0.4, -0.2) is 43.8 Å². The molecule has 1 rings (SSSR count). The van der Waals surface area contributed by atoms with E-state index in [9.17, 15) is 0 Å². The molecule has 0 aliphatic rings. The molecule has 1 heterocycles. The van der Waals surface area contributed by atoms with E-state index >= 15 is 0 Å². The largest absolute Gasteiger partial charge is 0.409 e. The van der Waals surface area contributed by atoms with Gasteiger partial charge in [0.25, 0.3) is 0 Å². The van der Waals surface area contributed by atoms with Crippen LogP contribution in [0.15, 0.2) is 11.5 Å². The van der Waals surface area contributed by atoms with E-state index in [2.05, 4.69) is 34.0 Å². The number of aryl methyl sites for hydroxylation is 1. The summed E-state index contributed by atoms with van der Waals surface area (Å²) in [5.41, 5.74) is 5.47. The van der Waals surface area contributed by atoms with E-state index < -0.39 is 0 Å². The fourth-order valence-corrected chi connectivity index (χ4v) is 1.68. The molecule has 7 nitrogen and oxygen atoms in total. The first kappa shape index (κ1) is 14.4. The Hall–Kier alpha value is -1.63. The molecule has 0 aliphatic heterocycles. The molecule has 7 heteroatoms. The highest BCUT2D eigenvalue weighted by atomic mass is 16.4. The number of rotatable bonds is 8. The van der Waals surface area contributed by atoms with Gasteiger partial charge in [-0.05, 0) is 13.0 Å². The third-order valence-electron chi connectivity index (χ3n) is 2.76. The van der Waals surface area contributed by atoms with Gasteiger partial charge in [-0.25, -0.2) is 9.67 Å². The molecule has 3 N–H and O–H groups in total. The summed E-state index contributed by atoms with van der Waals surface area (Å²) < 4.78 is 1.92. The van der Waals surface area contributed by atoms with Crippen LogP contribution in [0.3, 0.4) is 0 Å². The van der Waals surface area contributed by atoms with Gasteiger partial charge in [0.1, 0.15) is 18.0 Å². The highest BCUT2D eigenvalue weighted by Gasteiger charge is 2.09. The second-order valence-electron chi connectivity index (χ2n) is 4.11. The quantitative estimate of drug-likeness (QED) is 0.307. The molecule has 0 atom stereocenters. The zero-order valence-corrected chi connectivity index (χ0v) is 11.1. The topological polar surface area (TPSA) is 92.6 Å². The summed E-state index contributed by atoms with van der Waals surface area (Å²) in [6.07, 6.45) is 3.17. The van der Waals surface area contributed by atoms with E-state index in [4.69, 9.17) is 10.9 Å². The van der Waals surface area contributed by atoms with Gasteiger partial charge in [0.05, 0.1) is 6.54 Å². The monoisotopic (exact) mass is 254 g/mol. The van der Waals surface area contributed by atoms with Crippen molar-refractivity contribution in [2.75, 3.05) is 13.1 Å². The lowest BCUT2D eigenvalue weighted by molar-refractivity contribution is 0.270. The van der Waals surface area contributed by atoms with Gasteiger partial charge in [0.15, 0.2) is 0 Å². The predicted octanol–water partition coefficient (Wildman–Crippen LogP) is 0.647. The highest BCUT2D eigenvalue weighted by molar-refractivity contribution is 5.79. The predicted molar refractivity (Wildman–Crippen MR) is 69.3 cm³/mol. The van der Waals surface area contributed by atoms with Gasteiger partial charge in [0, 0.05) is 19.5 Å². The van der Waals surface area contributed by atoms with Crippen molar-refractivity contribution < 1.29 is 5.21 Å². The van der Waals surface area contributed by atoms with Gasteiger partial charge in [0.2, 0.25) is 0 Å². The molecule has 0 saturated heterocycles. The van der Waals surface area contributed by atoms with Crippen molar-refractivity contribution in [3.05, 3.63) is 12.2 Å². The smallest absolute Gasteiger partial charge is 0.141 e. The Morgan fingerprint density at radius 2 is 2.33 bits per heavy atom. The molecule has 1 aromatic rings. The lowest BCUT2D eigenvalue weighted by Gasteiger charge is -2.19. The summed E-state index contributed by atoms with van der Waals surface area (Å²) in [5.74, 6) is 1.21. The summed E-state index contributed by atoms with van der Waals surface area (Å²) in [6, 6.07) is 0. The molecule has 1 aromatic heterocycles. The second-order valence-corrected chi connectivity index (χ2v) is 4.11. The maximum atomic E-state index is 8.51. The van der Waals surface area contributed by atoms with Gasteiger partial charge in [-0.3, -0.25) is 4.90 Å². The van der Waals surface area contributed by atoms with E-state index in [1.807, 2.05) is 4.68 Å². The first-order valence-electron chi connectivity index (χ1n) is 6.26. The Kier molecular flexibility index (Phi) is 6.13. The van der Waals surface area contributed by atoms with Crippen molar-refractivity contribution in [1.82, 2.24) is 19.7 Å². The molecule has 0 aliphatic carbocycles. The van der Waals surface area contributed by atoms with Crippen LogP contribution in [0.4, 0.5) is 0 Å². The SMILES string of the molecule is CCCn1ncnc1CN(CC)CCC(N)=NO. The number of aromatic nitrogens is 3. The zero-order valence-electron chi connectivity index (χ0n) is 11.1. The zero-order chi connectivity index (χ0) is 13.4. The minimum Gasteiger partial charge on any atom is -0.409 e. The van der Waals surface area contributed by atoms with Crippen molar-refractivity contribution in [2.24, 2.45) is 10.9 Å². The van der Waals surface area contributed by atoms with Crippen molar-refractivity contribution in [3.63, 3.8) is 0 Å². The van der Waals surface area contributed by atoms with Crippen LogP contribution in [0.5, 0.6) is 0 Å². The Morgan fingerprint density at radius 1 is 1.56 bits per heavy atom. The summed E-state index contributed by atoms with van der Waals surface area (Å²) in [4.78, 5) is 6.46. The summed E-state index contributed by atoms with van der Waals surface area (Å²) in [5, 5.41) is 15.7. The molecule has 0 saturated carbocycles. The molecule has 0 aromatic carbocycles. The lowest BCUT2D eigenvalue weighted by Crippen LogP contribution is -2.29. The van der Waals surface area contributed by atoms with Crippen LogP contribution in [0.25, 0.3) is 0 Å². The minimum atomic E-state index is 0.253. The molecule has 0 bridgehead atoms. The maximum absolute atomic E-state index is 8.51. The molecule has 18 heavy (non-hydrogen) atoms. The first-order chi connectivity index (χ1) is 8.71. The maximum Gasteiger partial charge on any atom is 0.141 e. The minimum absolute atomic E-state index is 0.253. The standard InChI is InChI=1S/C11H22N6O/c1-3-6-17-11(13-9-14-17)8-16(4-2)7-5-10(12)15-18/h9,18H,3-8H2,1-2H3,(H2,12,15). The molecule has 0 unspecified atom stereocenters. The number of amidine groups is 1. The summed E-state index contributed by atoms with van der Waals surface area (Å²) in [6.45, 7) is 7.43. The fraction of sp³-hybridized carbons (Fsp3) is 0.727. The van der Waals surface area contributed by atoms with E-state index in [0.29, 0.717) is 6.42 Å². The van der Waals surface area contributed by atoms with E-state index in [1.54, 1.807) is 6.33 Å². The van der Waals surface area contributed by atoms with Gasteiger partial charge in [-0.2, -0.15) is 5.10 Å². The van der Waals surface area contributed by atoms with Crippen molar-refractivity contribution in [1.29, 1.82) is 0 Å². The number of hydrogen-bond acceptors (Lipinski definition) is 5. The van der Waals surface area contributed by atoms with Crippen LogP contribution < -0.4 is 5.73 Å². The molecule has 102 valence electrons. The van der Waals surface area contributed by atoms with E-state index in [0.717, 1.165) is 38.4 Å². The van der Waals surface area contributed by atoms with E-state index in [-0.39, 0.29) is 5.84 Å². The fourth-order valence-electron chi connectivity index (χ4n) is 1.68. The Bertz CT molecular complexity index is 375. The number of hydrogen-bond donors (Lipinski definition) is 2. The average Bonchev–Trinajstić information content (AvgIpc) is 2.81. The number of nitrogens with two attached hydrogens (primary N) is 1. The molecular weight excluding hydrogens is 232 g/mol. The van der Waals surface area contributed by atoms with Gasteiger partial charge in [-0.1, -0.05) is 19.0 Å². The first-order valence-corrected chi connectivity index (χ1v) is 6.26. The van der Waals surface area contributed by atoms with Crippen LogP contribution in [-0.2, 0) is 13.1 Å². The average molecular weight is 254 g/mol. The number of nitrogens with zero attached hydrogens (tertiary/aromatic N) is 5. The number of oxime groups is 1. The molecular formula is C11H22N6O. The molecule has 0 fully saturated rings. The van der Waals surface area contributed by atoms with Crippen LogP contribution >= 0.6 is 0 Å². The third kappa shape index (κ3) is 4.33. The summed E-state index contributed by atoms with van der Waals surface area (Å²) in [7, 11) is 0. The van der Waals surface area contributed by atoms with Crippen molar-refractivity contribution in [3.8, 4) is 0 Å². The highest BCUT2D eigenvalue weighted by Crippen LogP contribution is 2.03. The Labute approximate surface area is 107 Å². The van der Waals surface area contributed by atoms with Gasteiger partial charge < -0.3 is 10.9 Å². The Balaban J connectivity index is 2.53. The lowest BCUT2D eigenvalue weighted by atomic mass is 10.3. The second kappa shape index (κ2) is 7.65. The summed E-state index contributed by atoms with van der Waals surface area (Å²) >= 11 is 0. The van der Waals surface area contributed by atoms with Gasteiger partial charge >= 0.3 is 0 Å². The third-order valence-corrected chi connectivity index (χ3v) is 2.76. The Morgan fingerprint density at radius 3 is 2.94 bits per heavy atom. The van der Waals surface area contributed by atoms with Crippen molar-refractivity contribution in [2.45, 2.75) is 39.8 Å². The van der Waals surface area contributed by atoms with Crippen molar-refractivity contribution >= 4 is 5.84 Å². The van der Waals surface area contributed by atoms with Gasteiger partial charge in [-0.15, -0.1) is 0 Å². The van der Waals surface area contributed by atoms with Crippen LogP contribution in [0.2, 0.25) is 0 Å². The normalized spacial score (nSPS) is 12.3. The molecule has 0 radical (unpaired) electrons. The van der Waals surface area contributed by atoms with E-state index in [1.165, 1.54) is 0 Å². The van der Waals surface area contributed by atoms with Crippen LogP contribution in [0.1, 0.15) is 32.5 Å². The van der Waals surface area contributed by atoms with Crippen LogP contribution in [0, 0.1) is 0 Å².